The normalized spacial score (nSPS) is 11.2. The van der Waals surface area contributed by atoms with Crippen molar-refractivity contribution in [2.75, 3.05) is 12.8 Å². The Hall–Kier alpha value is -3.25. The Morgan fingerprint density at radius 1 is 1.12 bits per heavy atom. The number of hydrogen-bond acceptors (Lipinski definition) is 5. The summed E-state index contributed by atoms with van der Waals surface area (Å²) in [6.45, 7) is 2.83. The molecule has 3 N–H and O–H groups in total. The summed E-state index contributed by atoms with van der Waals surface area (Å²) in [5.74, 6) is 1.19. The molecule has 0 spiro atoms. The molecule has 3 aromatic heterocycles. The predicted octanol–water partition coefficient (Wildman–Crippen LogP) is 3.09. The highest BCUT2D eigenvalue weighted by atomic mass is 15.1. The quantitative estimate of drug-likeness (QED) is 0.594. The number of nitrogens with two attached hydrogens (primary N) is 1. The molecule has 6 nitrogen and oxygen atoms in total. The van der Waals surface area contributed by atoms with E-state index in [9.17, 15) is 0 Å². The first-order chi connectivity index (χ1) is 12.7. The van der Waals surface area contributed by atoms with Crippen molar-refractivity contribution in [2.24, 2.45) is 0 Å². The first-order valence-electron chi connectivity index (χ1n) is 8.47. The molecular formula is C20H20N6. The molecule has 0 unspecified atom stereocenters. The standard InChI is InChI=1S/C20H20N6/c1-13-10-17-20(24-11-13)26(15-7-5-14(6-8-15)12-22-2)19(25-17)16-4-3-9-23-18(16)21/h3-11,22H,12H2,1-2H3,(H2,21,23). The molecule has 0 aliphatic heterocycles. The van der Waals surface area contributed by atoms with Gasteiger partial charge in [-0.3, -0.25) is 4.57 Å². The minimum absolute atomic E-state index is 0.451. The Morgan fingerprint density at radius 3 is 2.65 bits per heavy atom. The van der Waals surface area contributed by atoms with Crippen LogP contribution in [-0.4, -0.2) is 26.6 Å². The average molecular weight is 344 g/mol. The minimum atomic E-state index is 0.451. The number of fused-ring (bicyclic) bond motifs is 1. The minimum Gasteiger partial charge on any atom is -0.383 e. The monoisotopic (exact) mass is 344 g/mol. The summed E-state index contributed by atoms with van der Waals surface area (Å²) < 4.78 is 2.03. The van der Waals surface area contributed by atoms with Crippen molar-refractivity contribution in [3.63, 3.8) is 0 Å². The second kappa shape index (κ2) is 6.57. The van der Waals surface area contributed by atoms with E-state index in [1.54, 1.807) is 6.20 Å². The van der Waals surface area contributed by atoms with E-state index in [1.807, 2.05) is 42.9 Å². The first kappa shape index (κ1) is 16.2. The number of pyridine rings is 2. The number of imidazole rings is 1. The van der Waals surface area contributed by atoms with Gasteiger partial charge >= 0.3 is 0 Å². The Balaban J connectivity index is 1.97. The van der Waals surface area contributed by atoms with Gasteiger partial charge in [0.15, 0.2) is 11.5 Å². The van der Waals surface area contributed by atoms with Crippen molar-refractivity contribution in [1.29, 1.82) is 0 Å². The summed E-state index contributed by atoms with van der Waals surface area (Å²) in [4.78, 5) is 13.6. The summed E-state index contributed by atoms with van der Waals surface area (Å²) in [6, 6.07) is 14.2. The lowest BCUT2D eigenvalue weighted by molar-refractivity contribution is 0.817. The molecular weight excluding hydrogens is 324 g/mol. The van der Waals surface area contributed by atoms with Crippen LogP contribution in [0.5, 0.6) is 0 Å². The van der Waals surface area contributed by atoms with Crippen LogP contribution in [0.1, 0.15) is 11.1 Å². The molecule has 3 heterocycles. The van der Waals surface area contributed by atoms with Crippen molar-refractivity contribution in [1.82, 2.24) is 24.8 Å². The Labute approximate surface area is 151 Å². The fraction of sp³-hybridized carbons (Fsp3) is 0.150. The lowest BCUT2D eigenvalue weighted by atomic mass is 10.2. The van der Waals surface area contributed by atoms with Gasteiger partial charge in [0, 0.05) is 24.6 Å². The highest BCUT2D eigenvalue weighted by molar-refractivity contribution is 5.82. The molecule has 26 heavy (non-hydrogen) atoms. The van der Waals surface area contributed by atoms with E-state index in [2.05, 4.69) is 39.6 Å². The molecule has 1 aromatic carbocycles. The van der Waals surface area contributed by atoms with E-state index in [4.69, 9.17) is 10.7 Å². The van der Waals surface area contributed by atoms with Crippen molar-refractivity contribution in [3.8, 4) is 17.1 Å². The highest BCUT2D eigenvalue weighted by Gasteiger charge is 2.17. The number of rotatable bonds is 4. The third-order valence-corrected chi connectivity index (χ3v) is 4.29. The van der Waals surface area contributed by atoms with Crippen LogP contribution in [0.3, 0.4) is 0 Å². The van der Waals surface area contributed by atoms with Gasteiger partial charge in [-0.05, 0) is 55.4 Å². The fourth-order valence-corrected chi connectivity index (χ4v) is 3.06. The molecule has 6 heteroatoms. The number of nitrogens with one attached hydrogen (secondary N) is 1. The van der Waals surface area contributed by atoms with E-state index in [0.29, 0.717) is 5.82 Å². The van der Waals surface area contributed by atoms with Gasteiger partial charge in [-0.2, -0.15) is 0 Å². The van der Waals surface area contributed by atoms with Gasteiger partial charge in [0.05, 0.1) is 5.56 Å². The molecule has 0 bridgehead atoms. The Bertz CT molecular complexity index is 1070. The SMILES string of the molecule is CNCc1ccc(-n2c(-c3cccnc3N)nc3cc(C)cnc32)cc1. The van der Waals surface area contributed by atoms with Crippen LogP contribution in [0.15, 0.2) is 54.9 Å². The van der Waals surface area contributed by atoms with Crippen molar-refractivity contribution in [2.45, 2.75) is 13.5 Å². The molecule has 0 aliphatic rings. The van der Waals surface area contributed by atoms with Crippen LogP contribution in [0, 0.1) is 6.92 Å². The van der Waals surface area contributed by atoms with Crippen LogP contribution in [-0.2, 0) is 6.54 Å². The Kier molecular flexibility index (Phi) is 4.10. The molecule has 130 valence electrons. The van der Waals surface area contributed by atoms with Gasteiger partial charge < -0.3 is 11.1 Å². The largest absolute Gasteiger partial charge is 0.383 e. The van der Waals surface area contributed by atoms with Gasteiger partial charge in [-0.15, -0.1) is 0 Å². The number of anilines is 1. The van der Waals surface area contributed by atoms with Crippen molar-refractivity contribution >= 4 is 17.0 Å². The van der Waals surface area contributed by atoms with Crippen molar-refractivity contribution in [3.05, 3.63) is 66.0 Å². The van der Waals surface area contributed by atoms with Gasteiger partial charge in [0.1, 0.15) is 11.3 Å². The number of benzene rings is 1. The van der Waals surface area contributed by atoms with Crippen LogP contribution in [0.4, 0.5) is 5.82 Å². The molecule has 4 rings (SSSR count). The highest BCUT2D eigenvalue weighted by Crippen LogP contribution is 2.30. The van der Waals surface area contributed by atoms with E-state index < -0.39 is 0 Å². The summed E-state index contributed by atoms with van der Waals surface area (Å²) in [5.41, 5.74) is 11.8. The zero-order valence-corrected chi connectivity index (χ0v) is 14.8. The van der Waals surface area contributed by atoms with E-state index in [-0.39, 0.29) is 0 Å². The van der Waals surface area contributed by atoms with E-state index in [1.165, 1.54) is 5.56 Å². The maximum absolute atomic E-state index is 6.12. The Morgan fingerprint density at radius 2 is 1.92 bits per heavy atom. The summed E-state index contributed by atoms with van der Waals surface area (Å²) in [5, 5.41) is 3.16. The van der Waals surface area contributed by atoms with Gasteiger partial charge in [-0.25, -0.2) is 15.0 Å². The van der Waals surface area contributed by atoms with Crippen LogP contribution < -0.4 is 11.1 Å². The smallest absolute Gasteiger partial charge is 0.164 e. The molecule has 0 fully saturated rings. The molecule has 0 atom stereocenters. The average Bonchev–Trinajstić information content (AvgIpc) is 3.01. The zero-order chi connectivity index (χ0) is 18.1. The van der Waals surface area contributed by atoms with Gasteiger partial charge in [-0.1, -0.05) is 12.1 Å². The fourth-order valence-electron chi connectivity index (χ4n) is 3.06. The lowest BCUT2D eigenvalue weighted by Crippen LogP contribution is -2.05. The van der Waals surface area contributed by atoms with Crippen molar-refractivity contribution < 1.29 is 0 Å². The zero-order valence-electron chi connectivity index (χ0n) is 14.8. The molecule has 0 radical (unpaired) electrons. The third kappa shape index (κ3) is 2.80. The number of aryl methyl sites for hydroxylation is 1. The number of hydrogen-bond donors (Lipinski definition) is 2. The molecule has 4 aromatic rings. The number of nitrogens with zero attached hydrogens (tertiary/aromatic N) is 4. The van der Waals surface area contributed by atoms with Gasteiger partial charge in [0.25, 0.3) is 0 Å². The maximum Gasteiger partial charge on any atom is 0.164 e. The third-order valence-electron chi connectivity index (χ3n) is 4.29. The van der Waals surface area contributed by atoms with E-state index >= 15 is 0 Å². The first-order valence-corrected chi connectivity index (χ1v) is 8.47. The number of aromatic nitrogens is 4. The second-order valence-corrected chi connectivity index (χ2v) is 6.26. The topological polar surface area (TPSA) is 81.7 Å². The van der Waals surface area contributed by atoms with Crippen LogP contribution >= 0.6 is 0 Å². The van der Waals surface area contributed by atoms with Crippen LogP contribution in [0.2, 0.25) is 0 Å². The molecule has 0 saturated carbocycles. The van der Waals surface area contributed by atoms with Crippen LogP contribution in [0.25, 0.3) is 28.2 Å². The molecule has 0 aliphatic carbocycles. The summed E-state index contributed by atoms with van der Waals surface area (Å²) in [7, 11) is 1.94. The van der Waals surface area contributed by atoms with Gasteiger partial charge in [0.2, 0.25) is 0 Å². The van der Waals surface area contributed by atoms with E-state index in [0.717, 1.165) is 40.3 Å². The second-order valence-electron chi connectivity index (χ2n) is 6.26. The maximum atomic E-state index is 6.12. The molecule has 0 amide bonds. The molecule has 0 saturated heterocycles. The lowest BCUT2D eigenvalue weighted by Gasteiger charge is -2.11. The predicted molar refractivity (Wildman–Crippen MR) is 104 cm³/mol. The summed E-state index contributed by atoms with van der Waals surface area (Å²) >= 11 is 0. The number of nitrogen functional groups attached to an aromatic ring is 1. The summed E-state index contributed by atoms with van der Waals surface area (Å²) in [6.07, 6.45) is 3.53.